The van der Waals surface area contributed by atoms with Gasteiger partial charge in [0.05, 0.1) is 17.2 Å². The molecule has 5 nitrogen and oxygen atoms in total. The molecule has 0 aliphatic carbocycles. The van der Waals surface area contributed by atoms with E-state index in [0.29, 0.717) is 5.69 Å². The van der Waals surface area contributed by atoms with Gasteiger partial charge >= 0.3 is 0 Å². The molecule has 4 rings (SSSR count). The van der Waals surface area contributed by atoms with Gasteiger partial charge in [0, 0.05) is 30.7 Å². The average Bonchev–Trinajstić information content (AvgIpc) is 2.71. The van der Waals surface area contributed by atoms with Crippen molar-refractivity contribution in [1.82, 2.24) is 20.2 Å². The minimum atomic E-state index is -0.149. The molecule has 138 valence electrons. The van der Waals surface area contributed by atoms with Gasteiger partial charge in [-0.15, -0.1) is 0 Å². The summed E-state index contributed by atoms with van der Waals surface area (Å²) < 4.78 is 0. The van der Waals surface area contributed by atoms with Crippen LogP contribution < -0.4 is 5.32 Å². The maximum Gasteiger partial charge on any atom is 0.271 e. The Labute approximate surface area is 163 Å². The normalized spacial score (nSPS) is 15.7. The summed E-state index contributed by atoms with van der Waals surface area (Å²) in [6, 6.07) is 15.7. The Morgan fingerprint density at radius 3 is 2.52 bits per heavy atom. The molecule has 6 heteroatoms. The molecule has 1 aromatic heterocycles. The summed E-state index contributed by atoms with van der Waals surface area (Å²) in [7, 11) is 0. The number of para-hydroxylation sites is 2. The minimum Gasteiger partial charge on any atom is -0.348 e. The fourth-order valence-corrected chi connectivity index (χ4v) is 3.54. The first kappa shape index (κ1) is 17.9. The largest absolute Gasteiger partial charge is 0.348 e. The van der Waals surface area contributed by atoms with Crippen LogP contribution in [0.25, 0.3) is 11.0 Å². The first-order chi connectivity index (χ1) is 13.2. The highest BCUT2D eigenvalue weighted by molar-refractivity contribution is 6.30. The summed E-state index contributed by atoms with van der Waals surface area (Å²) in [5.74, 6) is -0.149. The van der Waals surface area contributed by atoms with Crippen LogP contribution in [0.15, 0.2) is 54.7 Å². The number of nitrogens with one attached hydrogen (secondary N) is 1. The first-order valence-electron chi connectivity index (χ1n) is 9.17. The van der Waals surface area contributed by atoms with Crippen molar-refractivity contribution in [2.75, 3.05) is 13.1 Å². The summed E-state index contributed by atoms with van der Waals surface area (Å²) in [5.41, 5.74) is 3.16. The number of hydrogen-bond donors (Lipinski definition) is 1. The van der Waals surface area contributed by atoms with Crippen LogP contribution in [-0.4, -0.2) is 39.9 Å². The SMILES string of the molecule is O=C(NC1CCN(Cc2ccc(Cl)cc2)CC1)c1cnc2ccccc2n1. The van der Waals surface area contributed by atoms with Crippen molar-refractivity contribution in [2.24, 2.45) is 0 Å². The molecule has 0 unspecified atom stereocenters. The molecule has 27 heavy (non-hydrogen) atoms. The number of rotatable bonds is 4. The van der Waals surface area contributed by atoms with Crippen LogP contribution in [0.4, 0.5) is 0 Å². The van der Waals surface area contributed by atoms with Gasteiger partial charge in [0.15, 0.2) is 0 Å². The second-order valence-electron chi connectivity index (χ2n) is 6.89. The predicted molar refractivity (Wildman–Crippen MR) is 107 cm³/mol. The van der Waals surface area contributed by atoms with Gasteiger partial charge in [-0.1, -0.05) is 35.9 Å². The average molecular weight is 381 g/mol. The van der Waals surface area contributed by atoms with Gasteiger partial charge in [0.2, 0.25) is 0 Å². The Kier molecular flexibility index (Phi) is 5.32. The van der Waals surface area contributed by atoms with Crippen LogP contribution in [0.2, 0.25) is 5.02 Å². The number of nitrogens with zero attached hydrogens (tertiary/aromatic N) is 3. The minimum absolute atomic E-state index is 0.149. The Balaban J connectivity index is 1.31. The zero-order valence-electron chi connectivity index (χ0n) is 14.9. The fraction of sp³-hybridized carbons (Fsp3) is 0.286. The van der Waals surface area contributed by atoms with Crippen LogP contribution in [0.5, 0.6) is 0 Å². The van der Waals surface area contributed by atoms with Crippen LogP contribution in [0.1, 0.15) is 28.9 Å². The Morgan fingerprint density at radius 1 is 1.07 bits per heavy atom. The van der Waals surface area contributed by atoms with Crippen molar-refractivity contribution in [3.8, 4) is 0 Å². The van der Waals surface area contributed by atoms with E-state index in [2.05, 4.69) is 32.3 Å². The third kappa shape index (κ3) is 4.43. The summed E-state index contributed by atoms with van der Waals surface area (Å²) in [6.45, 7) is 2.82. The van der Waals surface area contributed by atoms with E-state index in [1.54, 1.807) is 6.20 Å². The number of hydrogen-bond acceptors (Lipinski definition) is 4. The maximum atomic E-state index is 12.5. The number of piperidine rings is 1. The number of aromatic nitrogens is 2. The molecule has 1 saturated heterocycles. The second kappa shape index (κ2) is 8.03. The van der Waals surface area contributed by atoms with Crippen LogP contribution in [0.3, 0.4) is 0 Å². The molecule has 0 spiro atoms. The van der Waals surface area contributed by atoms with E-state index in [1.807, 2.05) is 36.4 Å². The molecule has 1 aliphatic heterocycles. The third-order valence-electron chi connectivity index (χ3n) is 4.92. The molecule has 0 bridgehead atoms. The molecule has 1 aliphatic rings. The molecule has 0 atom stereocenters. The molecular weight excluding hydrogens is 360 g/mol. The number of carbonyl (C=O) groups is 1. The van der Waals surface area contributed by atoms with Crippen molar-refractivity contribution >= 4 is 28.5 Å². The molecular formula is C21H21ClN4O. The van der Waals surface area contributed by atoms with Crippen molar-refractivity contribution in [2.45, 2.75) is 25.4 Å². The lowest BCUT2D eigenvalue weighted by Crippen LogP contribution is -2.44. The molecule has 2 heterocycles. The van der Waals surface area contributed by atoms with E-state index >= 15 is 0 Å². The lowest BCUT2D eigenvalue weighted by molar-refractivity contribution is 0.0904. The third-order valence-corrected chi connectivity index (χ3v) is 5.18. The van der Waals surface area contributed by atoms with Crippen LogP contribution >= 0.6 is 11.6 Å². The van der Waals surface area contributed by atoms with E-state index in [1.165, 1.54) is 5.56 Å². The van der Waals surface area contributed by atoms with Gasteiger partial charge in [0.25, 0.3) is 5.91 Å². The van der Waals surface area contributed by atoms with E-state index in [4.69, 9.17) is 11.6 Å². The van der Waals surface area contributed by atoms with Crippen molar-refractivity contribution < 1.29 is 4.79 Å². The topological polar surface area (TPSA) is 58.1 Å². The molecule has 3 aromatic rings. The summed E-state index contributed by atoms with van der Waals surface area (Å²) in [4.78, 5) is 23.7. The molecule has 2 aromatic carbocycles. The summed E-state index contributed by atoms with van der Waals surface area (Å²) >= 11 is 5.94. The zero-order valence-corrected chi connectivity index (χ0v) is 15.7. The second-order valence-corrected chi connectivity index (χ2v) is 7.33. The van der Waals surface area contributed by atoms with Gasteiger partial charge in [-0.2, -0.15) is 0 Å². The van der Waals surface area contributed by atoms with Gasteiger partial charge in [0.1, 0.15) is 5.69 Å². The van der Waals surface area contributed by atoms with Crippen LogP contribution in [-0.2, 0) is 6.54 Å². The fourth-order valence-electron chi connectivity index (χ4n) is 3.41. The van der Waals surface area contributed by atoms with Gasteiger partial charge < -0.3 is 5.32 Å². The number of amides is 1. The van der Waals surface area contributed by atoms with Crippen molar-refractivity contribution in [3.63, 3.8) is 0 Å². The Bertz CT molecular complexity index is 936. The van der Waals surface area contributed by atoms with E-state index in [-0.39, 0.29) is 11.9 Å². The van der Waals surface area contributed by atoms with Crippen molar-refractivity contribution in [1.29, 1.82) is 0 Å². The monoisotopic (exact) mass is 380 g/mol. The highest BCUT2D eigenvalue weighted by Crippen LogP contribution is 2.16. The molecule has 0 saturated carbocycles. The molecule has 0 radical (unpaired) electrons. The van der Waals surface area contributed by atoms with E-state index in [9.17, 15) is 4.79 Å². The lowest BCUT2D eigenvalue weighted by atomic mass is 10.0. The standard InChI is InChI=1S/C21H21ClN4O/c22-16-7-5-15(6-8-16)14-26-11-9-17(10-12-26)24-21(27)20-13-23-18-3-1-2-4-19(18)25-20/h1-8,13,17H,9-12,14H2,(H,24,27). The number of carbonyl (C=O) groups excluding carboxylic acids is 1. The number of likely N-dealkylation sites (tertiary alicyclic amines) is 1. The van der Waals surface area contributed by atoms with Crippen LogP contribution in [0, 0.1) is 0 Å². The number of benzene rings is 2. The zero-order chi connectivity index (χ0) is 18.6. The molecule has 1 N–H and O–H groups in total. The number of fused-ring (bicyclic) bond motifs is 1. The summed E-state index contributed by atoms with van der Waals surface area (Å²) in [6.07, 6.45) is 3.41. The maximum absolute atomic E-state index is 12.5. The Hall–Kier alpha value is -2.50. The lowest BCUT2D eigenvalue weighted by Gasteiger charge is -2.32. The summed E-state index contributed by atoms with van der Waals surface area (Å²) in [5, 5.41) is 3.87. The number of halogens is 1. The first-order valence-corrected chi connectivity index (χ1v) is 9.54. The highest BCUT2D eigenvalue weighted by Gasteiger charge is 2.22. The predicted octanol–water partition coefficient (Wildman–Crippen LogP) is 3.68. The quantitative estimate of drug-likeness (QED) is 0.750. The van der Waals surface area contributed by atoms with Gasteiger partial charge in [-0.25, -0.2) is 4.98 Å². The van der Waals surface area contributed by atoms with Crippen molar-refractivity contribution in [3.05, 3.63) is 71.0 Å². The molecule has 1 fully saturated rings. The van der Waals surface area contributed by atoms with E-state index in [0.717, 1.165) is 48.5 Å². The highest BCUT2D eigenvalue weighted by atomic mass is 35.5. The smallest absolute Gasteiger partial charge is 0.271 e. The Morgan fingerprint density at radius 2 is 1.78 bits per heavy atom. The molecule has 1 amide bonds. The van der Waals surface area contributed by atoms with Gasteiger partial charge in [-0.3, -0.25) is 14.7 Å². The van der Waals surface area contributed by atoms with E-state index < -0.39 is 0 Å². The van der Waals surface area contributed by atoms with Gasteiger partial charge in [-0.05, 0) is 42.7 Å².